The Balaban J connectivity index is 0. The molecular weight excluding hydrogens is 898 g/mol. The number of hydrogen-bond donors (Lipinski definition) is 4. The Hall–Kier alpha value is -2.24. The first-order valence-electron chi connectivity index (χ1n) is 24.5. The van der Waals surface area contributed by atoms with E-state index >= 15 is 0 Å². The number of rotatable bonds is 4. The summed E-state index contributed by atoms with van der Waals surface area (Å²) in [5.41, 5.74) is 16.5. The zero-order valence-corrected chi connectivity index (χ0v) is 46.7. The zero-order chi connectivity index (χ0) is 50.0. The van der Waals surface area contributed by atoms with Crippen LogP contribution in [0.5, 0.6) is 0 Å². The summed E-state index contributed by atoms with van der Waals surface area (Å²) >= 11 is 0. The second-order valence-corrected chi connectivity index (χ2v) is 21.6. The average Bonchev–Trinajstić information content (AvgIpc) is 3.81. The predicted octanol–water partition coefficient (Wildman–Crippen LogP) is 0.128. The molecule has 0 spiro atoms. The van der Waals surface area contributed by atoms with Gasteiger partial charge >= 0.3 is 53.7 Å². The quantitative estimate of drug-likeness (QED) is 0.126. The van der Waals surface area contributed by atoms with E-state index in [2.05, 4.69) is 41.5 Å². The van der Waals surface area contributed by atoms with Gasteiger partial charge < -0.3 is 70.1 Å². The number of hydrogen-bond acceptors (Lipinski definition) is 15. The molecule has 395 valence electrons. The molecule has 2 unspecified atom stereocenters. The molecule has 4 saturated heterocycles. The minimum absolute atomic E-state index is 0. The molecule has 0 aromatic rings. The molecule has 6 fully saturated rings. The maximum absolute atomic E-state index is 12.4. The van der Waals surface area contributed by atoms with E-state index in [0.717, 1.165) is 77.9 Å². The van der Waals surface area contributed by atoms with Crippen LogP contribution in [-0.4, -0.2) is 179 Å². The first-order valence-corrected chi connectivity index (χ1v) is 24.5. The van der Waals surface area contributed by atoms with Crippen LogP contribution in [0.3, 0.4) is 0 Å². The molecule has 19 nitrogen and oxygen atoms in total. The zero-order valence-electron chi connectivity index (χ0n) is 44.7. The van der Waals surface area contributed by atoms with Crippen LogP contribution in [0.4, 0.5) is 9.59 Å². The summed E-state index contributed by atoms with van der Waals surface area (Å²) in [4.78, 5) is 73.3. The van der Waals surface area contributed by atoms with Gasteiger partial charge in [0.1, 0.15) is 17.0 Å². The molecule has 4 aliphatic heterocycles. The Morgan fingerprint density at radius 3 is 1.28 bits per heavy atom. The van der Waals surface area contributed by atoms with Crippen LogP contribution in [0.2, 0.25) is 0 Å². The second-order valence-electron chi connectivity index (χ2n) is 21.6. The topological polar surface area (TPSA) is 296 Å². The molecule has 2 saturated carbocycles. The summed E-state index contributed by atoms with van der Waals surface area (Å²) in [5.74, 6) is -0.771. The van der Waals surface area contributed by atoms with Crippen molar-refractivity contribution in [3.05, 3.63) is 0 Å². The Bertz CT molecular complexity index is 1550. The van der Waals surface area contributed by atoms with Crippen molar-refractivity contribution in [1.29, 1.82) is 0 Å². The van der Waals surface area contributed by atoms with Gasteiger partial charge in [-0.05, 0) is 107 Å². The SMILES string of the molecule is CC(=O)OC(C)=O.CC(C)(C)OC(=O)N1CCC(C)(N2CCC(=O)CC2)C1.CC(C)(C)OC(=O)N1CCC(C)(N2CCC(N[C@H]3CCCC[C@@H]3N)CC2)C1.N[C@H]1CCCC[C@@H]1N.O.O.[B-]C(C)=O.[Na+]. The first-order chi connectivity index (χ1) is 30.5. The van der Waals surface area contributed by atoms with Crippen LogP contribution in [0.1, 0.15) is 166 Å². The third kappa shape index (κ3) is 26.9. The summed E-state index contributed by atoms with van der Waals surface area (Å²) in [6.45, 7) is 26.4. The van der Waals surface area contributed by atoms with Crippen molar-refractivity contribution >= 4 is 43.4 Å². The fourth-order valence-electron chi connectivity index (χ4n) is 9.31. The van der Waals surface area contributed by atoms with E-state index in [-0.39, 0.29) is 81.5 Å². The Morgan fingerprint density at radius 2 is 0.957 bits per heavy atom. The molecular formula is C48H93BN8NaO11. The second kappa shape index (κ2) is 32.1. The van der Waals surface area contributed by atoms with E-state index in [9.17, 15) is 28.8 Å². The van der Waals surface area contributed by atoms with Crippen LogP contribution < -0.4 is 52.1 Å². The normalized spacial score (nSPS) is 27.4. The number of ketones is 1. The number of esters is 2. The molecule has 6 aliphatic rings. The van der Waals surface area contributed by atoms with Gasteiger partial charge in [-0.15, -0.1) is 5.68 Å². The van der Waals surface area contributed by atoms with Gasteiger partial charge in [0.25, 0.3) is 0 Å². The number of amides is 2. The Kier molecular flexibility index (Phi) is 32.0. The summed E-state index contributed by atoms with van der Waals surface area (Å²) in [7, 11) is 4.47. The van der Waals surface area contributed by atoms with Crippen LogP contribution in [0, 0.1) is 0 Å². The molecule has 21 heteroatoms. The molecule has 11 N–H and O–H groups in total. The third-order valence-electron chi connectivity index (χ3n) is 13.0. The summed E-state index contributed by atoms with van der Waals surface area (Å²) in [6, 6.07) is 1.97. The number of nitrogens with zero attached hydrogens (tertiary/aromatic N) is 4. The number of carbonyl (C=O) groups is 6. The Labute approximate surface area is 437 Å². The van der Waals surface area contributed by atoms with Crippen LogP contribution >= 0.6 is 0 Å². The van der Waals surface area contributed by atoms with E-state index < -0.39 is 23.1 Å². The maximum Gasteiger partial charge on any atom is 1.00 e. The molecule has 4 heterocycles. The van der Waals surface area contributed by atoms with Crippen molar-refractivity contribution in [3.63, 3.8) is 0 Å². The fraction of sp³-hybridized carbons (Fsp3) is 0.875. The van der Waals surface area contributed by atoms with Gasteiger partial charge in [-0.1, -0.05) is 32.6 Å². The predicted molar refractivity (Wildman–Crippen MR) is 266 cm³/mol. The van der Waals surface area contributed by atoms with Gasteiger partial charge in [0, 0.05) is 120 Å². The van der Waals surface area contributed by atoms with Gasteiger partial charge in [0.2, 0.25) is 0 Å². The van der Waals surface area contributed by atoms with Gasteiger partial charge in [0.05, 0.1) is 0 Å². The number of Topliss-reactive ketones (excluding diaryl/α,β-unsaturated/α-hetero) is 1. The smallest absolute Gasteiger partial charge is 0.528 e. The van der Waals surface area contributed by atoms with Gasteiger partial charge in [-0.3, -0.25) is 24.2 Å². The summed E-state index contributed by atoms with van der Waals surface area (Å²) < 4.78 is 15.0. The van der Waals surface area contributed by atoms with Gasteiger partial charge in [-0.25, -0.2) is 9.59 Å². The third-order valence-corrected chi connectivity index (χ3v) is 13.0. The molecule has 0 aromatic carbocycles. The monoisotopic (exact) mass is 992 g/mol. The van der Waals surface area contributed by atoms with Crippen molar-refractivity contribution in [3.8, 4) is 0 Å². The van der Waals surface area contributed by atoms with E-state index in [1.54, 1.807) is 4.90 Å². The summed E-state index contributed by atoms with van der Waals surface area (Å²) in [6.07, 6.45) is 15.0. The van der Waals surface area contributed by atoms with Gasteiger partial charge in [0.15, 0.2) is 0 Å². The minimum atomic E-state index is -0.562. The van der Waals surface area contributed by atoms with Gasteiger partial charge in [-0.2, -0.15) is 0 Å². The van der Waals surface area contributed by atoms with E-state index in [4.69, 9.17) is 26.7 Å². The van der Waals surface area contributed by atoms with Crippen LogP contribution in [0.25, 0.3) is 0 Å². The molecule has 3 radical (unpaired) electrons. The number of ether oxygens (including phenoxy) is 3. The molecule has 2 amide bonds. The van der Waals surface area contributed by atoms with E-state index in [1.807, 2.05) is 46.4 Å². The van der Waals surface area contributed by atoms with Crippen LogP contribution in [0.15, 0.2) is 0 Å². The first kappa shape index (κ1) is 68.8. The minimum Gasteiger partial charge on any atom is -0.528 e. The number of nitrogens with two attached hydrogens (primary N) is 3. The standard InChI is InChI=1S/C21H40N4O2.C15H26N2O3.C6H14N2.C4H6O3.C2H3BO.Na.2H2O/c1-20(2,3)27-19(26)24-14-11-21(4,15-24)25-12-9-16(10-13-25)23-18-8-6-5-7-17(18)22;1-14(2,3)20-13(19)16-10-7-15(4,11-16)17-8-5-12(18)6-9-17;7-5-3-1-2-4-6(5)8;1-3(5)7-4(2)6;1-2(3)4;;;/h16-18,23H,5-15,22H2,1-4H3;5-11H2,1-4H3;5-6H,1-4,7-8H2;1-2H3;1H3;;2*1H2/q;;;;-1;+1;;/t17-,18-,21?;;5-,6-;;;;;/m0.0...../s1. The molecule has 0 aromatic heterocycles. The molecule has 69 heavy (non-hydrogen) atoms. The molecule has 6 rings (SSSR count). The molecule has 6 atom stereocenters. The number of likely N-dealkylation sites (tertiary alicyclic amines) is 4. The van der Waals surface area contributed by atoms with Crippen molar-refractivity contribution in [1.82, 2.24) is 24.9 Å². The average molecular weight is 992 g/mol. The maximum atomic E-state index is 12.4. The Morgan fingerprint density at radius 1 is 0.609 bits per heavy atom. The van der Waals surface area contributed by atoms with E-state index in [0.29, 0.717) is 43.3 Å². The number of piperidine rings is 2. The number of nitrogens with one attached hydrogen (secondary N) is 1. The largest absolute Gasteiger partial charge is 1.00 e. The van der Waals surface area contributed by atoms with Crippen LogP contribution in [-0.2, 0) is 33.4 Å². The van der Waals surface area contributed by atoms with Crippen molar-refractivity contribution < 1.29 is 83.5 Å². The fourth-order valence-corrected chi connectivity index (χ4v) is 9.31. The van der Waals surface area contributed by atoms with Crippen molar-refractivity contribution in [2.45, 2.75) is 219 Å². The van der Waals surface area contributed by atoms with Crippen molar-refractivity contribution in [2.24, 2.45) is 17.2 Å². The van der Waals surface area contributed by atoms with Crippen molar-refractivity contribution in [2.75, 3.05) is 52.4 Å². The van der Waals surface area contributed by atoms with E-state index in [1.165, 1.54) is 65.7 Å². The number of carbonyl (C=O) groups excluding carboxylic acids is 6. The molecule has 2 aliphatic carbocycles. The molecule has 0 bridgehead atoms. The summed E-state index contributed by atoms with van der Waals surface area (Å²) in [5, 5.41) is 3.85.